The van der Waals surface area contributed by atoms with Crippen molar-refractivity contribution in [1.82, 2.24) is 15.6 Å². The maximum atomic E-state index is 5.57. The molecule has 0 atom stereocenters. The summed E-state index contributed by atoms with van der Waals surface area (Å²) in [7, 11) is 1.69. The van der Waals surface area contributed by atoms with Crippen molar-refractivity contribution in [3.05, 3.63) is 47.2 Å². The van der Waals surface area contributed by atoms with E-state index in [9.17, 15) is 0 Å². The first kappa shape index (κ1) is 19.8. The van der Waals surface area contributed by atoms with Crippen LogP contribution in [0.2, 0.25) is 0 Å². The number of methoxy groups -OCH3 is 1. The van der Waals surface area contributed by atoms with Crippen LogP contribution in [0, 0.1) is 13.8 Å². The number of unbranched alkanes of at least 4 members (excludes halogenated alkanes) is 1. The smallest absolute Gasteiger partial charge is 0.216 e. The van der Waals surface area contributed by atoms with Gasteiger partial charge in [0.1, 0.15) is 18.1 Å². The molecule has 2 N–H and O–H groups in total. The van der Waals surface area contributed by atoms with E-state index < -0.39 is 0 Å². The van der Waals surface area contributed by atoms with Gasteiger partial charge in [-0.3, -0.25) is 0 Å². The van der Waals surface area contributed by atoms with Gasteiger partial charge in [-0.2, -0.15) is 0 Å². The van der Waals surface area contributed by atoms with Crippen LogP contribution in [-0.4, -0.2) is 31.1 Å². The van der Waals surface area contributed by atoms with E-state index in [2.05, 4.69) is 39.7 Å². The molecule has 6 heteroatoms. The Morgan fingerprint density at radius 2 is 1.92 bits per heavy atom. The second-order valence-corrected chi connectivity index (χ2v) is 6.18. The van der Waals surface area contributed by atoms with Gasteiger partial charge in [0.2, 0.25) is 5.89 Å². The Hall–Kier alpha value is -2.50. The monoisotopic (exact) mass is 358 g/mol. The fraction of sp³-hybridized carbons (Fsp3) is 0.500. The van der Waals surface area contributed by atoms with Gasteiger partial charge in [-0.05, 0) is 57.7 Å². The summed E-state index contributed by atoms with van der Waals surface area (Å²) in [6.45, 7) is 8.06. The first-order valence-corrected chi connectivity index (χ1v) is 9.20. The number of nitrogens with zero attached hydrogens (tertiary/aromatic N) is 2. The van der Waals surface area contributed by atoms with E-state index in [-0.39, 0.29) is 0 Å². The number of aliphatic imine (C=N–C) groups is 1. The number of guanidine groups is 1. The topological polar surface area (TPSA) is 71.7 Å². The lowest BCUT2D eigenvalue weighted by Gasteiger charge is -2.10. The van der Waals surface area contributed by atoms with Crippen LogP contribution in [0.25, 0.3) is 0 Å². The number of nitrogens with one attached hydrogen (secondary N) is 2. The summed E-state index contributed by atoms with van der Waals surface area (Å²) in [4.78, 5) is 8.90. The largest absolute Gasteiger partial charge is 0.497 e. The molecule has 0 aliphatic rings. The highest BCUT2D eigenvalue weighted by Gasteiger charge is 2.05. The van der Waals surface area contributed by atoms with Crippen LogP contribution in [0.5, 0.6) is 5.75 Å². The zero-order valence-electron chi connectivity index (χ0n) is 16.3. The molecule has 2 aromatic rings. The average Bonchev–Trinajstić information content (AvgIpc) is 2.97. The fourth-order valence-electron chi connectivity index (χ4n) is 2.55. The maximum Gasteiger partial charge on any atom is 0.216 e. The van der Waals surface area contributed by atoms with E-state index in [1.807, 2.05) is 26.0 Å². The molecule has 0 unspecified atom stereocenters. The van der Waals surface area contributed by atoms with Gasteiger partial charge in [0.25, 0.3) is 0 Å². The summed E-state index contributed by atoms with van der Waals surface area (Å²) < 4.78 is 10.8. The van der Waals surface area contributed by atoms with Crippen molar-refractivity contribution in [3.63, 3.8) is 0 Å². The summed E-state index contributed by atoms with van der Waals surface area (Å²) in [5.74, 6) is 3.20. The second kappa shape index (κ2) is 10.5. The van der Waals surface area contributed by atoms with Gasteiger partial charge >= 0.3 is 0 Å². The highest BCUT2D eigenvalue weighted by atomic mass is 16.5. The highest BCUT2D eigenvalue weighted by Crippen LogP contribution is 2.13. The Morgan fingerprint density at radius 1 is 1.15 bits per heavy atom. The molecule has 0 amide bonds. The number of aryl methyl sites for hydroxylation is 3. The first-order valence-electron chi connectivity index (χ1n) is 9.20. The van der Waals surface area contributed by atoms with E-state index in [1.54, 1.807) is 7.11 Å². The van der Waals surface area contributed by atoms with Gasteiger partial charge in [-0.25, -0.2) is 9.98 Å². The Bertz CT molecular complexity index is 673. The minimum absolute atomic E-state index is 0.440. The molecule has 0 aliphatic heterocycles. The average molecular weight is 358 g/mol. The van der Waals surface area contributed by atoms with Crippen LogP contribution in [0.15, 0.2) is 33.7 Å². The molecule has 142 valence electrons. The lowest BCUT2D eigenvalue weighted by molar-refractivity contribution is 0.414. The standard InChI is InChI=1S/C20H30N4O2/c1-5-21-20(23-14-19-24-15(2)16(3)26-19)22-13-7-6-8-17-9-11-18(25-4)12-10-17/h9-12H,5-8,13-14H2,1-4H3,(H2,21,22,23). The molecule has 0 fully saturated rings. The van der Waals surface area contributed by atoms with E-state index in [0.29, 0.717) is 12.4 Å². The van der Waals surface area contributed by atoms with Crippen molar-refractivity contribution in [2.45, 2.75) is 46.6 Å². The summed E-state index contributed by atoms with van der Waals surface area (Å²) in [5.41, 5.74) is 2.26. The lowest BCUT2D eigenvalue weighted by Crippen LogP contribution is -2.37. The quantitative estimate of drug-likeness (QED) is 0.408. The van der Waals surface area contributed by atoms with Gasteiger partial charge in [-0.15, -0.1) is 0 Å². The molecule has 0 spiro atoms. The van der Waals surface area contributed by atoms with Gasteiger partial charge in [-0.1, -0.05) is 12.1 Å². The minimum atomic E-state index is 0.440. The van der Waals surface area contributed by atoms with Crippen molar-refractivity contribution < 1.29 is 9.15 Å². The van der Waals surface area contributed by atoms with Crippen LogP contribution in [0.3, 0.4) is 0 Å². The SMILES string of the molecule is CCNC(=NCc1nc(C)c(C)o1)NCCCCc1ccc(OC)cc1. The van der Waals surface area contributed by atoms with E-state index >= 15 is 0 Å². The van der Waals surface area contributed by atoms with Gasteiger partial charge in [0.15, 0.2) is 5.96 Å². The molecule has 0 saturated carbocycles. The van der Waals surface area contributed by atoms with Crippen molar-refractivity contribution in [1.29, 1.82) is 0 Å². The van der Waals surface area contributed by atoms with Gasteiger partial charge in [0, 0.05) is 13.1 Å². The Balaban J connectivity index is 1.72. The number of benzene rings is 1. The van der Waals surface area contributed by atoms with E-state index in [1.165, 1.54) is 5.56 Å². The number of hydrogen-bond acceptors (Lipinski definition) is 4. The molecule has 6 nitrogen and oxygen atoms in total. The molecule has 0 bridgehead atoms. The molecule has 0 aliphatic carbocycles. The number of ether oxygens (including phenoxy) is 1. The Kier molecular flexibility index (Phi) is 7.99. The summed E-state index contributed by atoms with van der Waals surface area (Å²) >= 11 is 0. The first-order chi connectivity index (χ1) is 12.6. The number of aromatic nitrogens is 1. The molecular weight excluding hydrogens is 328 g/mol. The summed E-state index contributed by atoms with van der Waals surface area (Å²) in [6.07, 6.45) is 3.26. The molecule has 0 saturated heterocycles. The molecule has 26 heavy (non-hydrogen) atoms. The van der Waals surface area contributed by atoms with Gasteiger partial charge < -0.3 is 19.8 Å². The molecule has 2 rings (SSSR count). The summed E-state index contributed by atoms with van der Waals surface area (Å²) in [6, 6.07) is 8.27. The molecular formula is C20H30N4O2. The van der Waals surface area contributed by atoms with Crippen molar-refractivity contribution in [2.24, 2.45) is 4.99 Å². The van der Waals surface area contributed by atoms with Crippen molar-refractivity contribution >= 4 is 5.96 Å². The number of rotatable bonds is 9. The predicted octanol–water partition coefficient (Wildman–Crippen LogP) is 3.38. The second-order valence-electron chi connectivity index (χ2n) is 6.18. The van der Waals surface area contributed by atoms with E-state index in [4.69, 9.17) is 9.15 Å². The Morgan fingerprint density at radius 3 is 2.54 bits per heavy atom. The van der Waals surface area contributed by atoms with Crippen LogP contribution in [0.4, 0.5) is 0 Å². The third kappa shape index (κ3) is 6.43. The Labute approximate surface area is 156 Å². The van der Waals surface area contributed by atoms with Crippen LogP contribution >= 0.6 is 0 Å². The van der Waals surface area contributed by atoms with Gasteiger partial charge in [0.05, 0.1) is 12.8 Å². The van der Waals surface area contributed by atoms with Crippen LogP contribution < -0.4 is 15.4 Å². The highest BCUT2D eigenvalue weighted by molar-refractivity contribution is 5.79. The predicted molar refractivity (Wildman–Crippen MR) is 105 cm³/mol. The third-order valence-corrected chi connectivity index (χ3v) is 4.13. The number of hydrogen-bond donors (Lipinski definition) is 2. The number of oxazole rings is 1. The zero-order valence-corrected chi connectivity index (χ0v) is 16.3. The third-order valence-electron chi connectivity index (χ3n) is 4.13. The van der Waals surface area contributed by atoms with Crippen LogP contribution in [-0.2, 0) is 13.0 Å². The van der Waals surface area contributed by atoms with Crippen molar-refractivity contribution in [3.8, 4) is 5.75 Å². The van der Waals surface area contributed by atoms with Crippen LogP contribution in [0.1, 0.15) is 42.7 Å². The molecule has 0 radical (unpaired) electrons. The summed E-state index contributed by atoms with van der Waals surface area (Å²) in [5, 5.41) is 6.62. The molecule has 1 aromatic heterocycles. The maximum absolute atomic E-state index is 5.57. The van der Waals surface area contributed by atoms with Crippen molar-refractivity contribution in [2.75, 3.05) is 20.2 Å². The lowest BCUT2D eigenvalue weighted by atomic mass is 10.1. The minimum Gasteiger partial charge on any atom is -0.497 e. The molecule has 1 heterocycles. The molecule has 1 aromatic carbocycles. The zero-order chi connectivity index (χ0) is 18.8. The van der Waals surface area contributed by atoms with E-state index in [0.717, 1.165) is 55.5 Å². The fourth-order valence-corrected chi connectivity index (χ4v) is 2.55. The normalized spacial score (nSPS) is 11.5.